The number of aliphatic hydroxyl groups is 1. The number of aliphatic hydroxyl groups excluding tert-OH is 1. The van der Waals surface area contributed by atoms with E-state index in [1.807, 2.05) is 11.8 Å². The fourth-order valence-electron chi connectivity index (χ4n) is 2.93. The van der Waals surface area contributed by atoms with Gasteiger partial charge in [-0.3, -0.25) is 9.69 Å². The number of carbonyl (C=O) groups excluding carboxylic acids is 1. The lowest BCUT2D eigenvalue weighted by Gasteiger charge is -2.24. The van der Waals surface area contributed by atoms with E-state index in [9.17, 15) is 14.7 Å². The number of hydrogen-bond donors (Lipinski definition) is 2. The molecule has 166 valence electrons. The maximum atomic E-state index is 12.7. The number of thiophene rings is 1. The van der Waals surface area contributed by atoms with Crippen molar-refractivity contribution in [3.05, 3.63) is 39.3 Å². The number of nitrogens with zero attached hydrogens (tertiary/aromatic N) is 2. The summed E-state index contributed by atoms with van der Waals surface area (Å²) in [4.78, 5) is 35.0. The van der Waals surface area contributed by atoms with E-state index in [0.717, 1.165) is 11.3 Å². The molecule has 0 aliphatic heterocycles. The van der Waals surface area contributed by atoms with Crippen molar-refractivity contribution in [2.75, 3.05) is 46.6 Å². The number of esters is 1. The van der Waals surface area contributed by atoms with Gasteiger partial charge in [0.15, 0.2) is 0 Å². The van der Waals surface area contributed by atoms with Gasteiger partial charge in [0, 0.05) is 26.8 Å². The first-order valence-corrected chi connectivity index (χ1v) is 10.5. The number of H-pyrrole nitrogens is 1. The topological polar surface area (TPSA) is 114 Å². The van der Waals surface area contributed by atoms with Gasteiger partial charge in [-0.1, -0.05) is 12.7 Å². The molecule has 30 heavy (non-hydrogen) atoms. The molecular weight excluding hydrogens is 410 g/mol. The maximum absolute atomic E-state index is 12.7. The fourth-order valence-corrected chi connectivity index (χ4v) is 4.02. The molecule has 2 N–H and O–H groups in total. The second-order valence-corrected chi connectivity index (χ2v) is 7.68. The highest BCUT2D eigenvalue weighted by atomic mass is 32.1. The molecule has 0 bridgehead atoms. The van der Waals surface area contributed by atoms with Crippen LogP contribution in [0.15, 0.2) is 17.4 Å². The summed E-state index contributed by atoms with van der Waals surface area (Å²) in [6.07, 6.45) is 0.811. The Labute approximate surface area is 179 Å². The van der Waals surface area contributed by atoms with Crippen molar-refractivity contribution in [1.29, 1.82) is 0 Å². The van der Waals surface area contributed by atoms with E-state index >= 15 is 0 Å². The van der Waals surface area contributed by atoms with Gasteiger partial charge < -0.3 is 24.3 Å². The zero-order valence-electron chi connectivity index (χ0n) is 17.6. The monoisotopic (exact) mass is 439 g/mol. The Bertz CT molecular complexity index is 910. The van der Waals surface area contributed by atoms with E-state index in [2.05, 4.69) is 16.5 Å². The van der Waals surface area contributed by atoms with Crippen LogP contribution in [-0.2, 0) is 20.8 Å². The van der Waals surface area contributed by atoms with Gasteiger partial charge in [0.2, 0.25) is 0 Å². The highest BCUT2D eigenvalue weighted by molar-refractivity contribution is 7.20. The second-order valence-electron chi connectivity index (χ2n) is 6.68. The molecule has 0 aromatic carbocycles. The lowest BCUT2D eigenvalue weighted by atomic mass is 10.2. The Hall–Kier alpha value is -2.11. The Morgan fingerprint density at radius 1 is 1.47 bits per heavy atom. The zero-order valence-corrected chi connectivity index (χ0v) is 18.4. The van der Waals surface area contributed by atoms with Crippen molar-refractivity contribution in [3.8, 4) is 0 Å². The molecule has 9 nitrogen and oxygen atoms in total. The van der Waals surface area contributed by atoms with Crippen molar-refractivity contribution in [1.82, 2.24) is 14.9 Å². The Balaban J connectivity index is 2.25. The van der Waals surface area contributed by atoms with Crippen LogP contribution in [0, 0.1) is 6.92 Å². The number of carbonyl (C=O) groups is 1. The van der Waals surface area contributed by atoms with Gasteiger partial charge in [-0.05, 0) is 19.4 Å². The summed E-state index contributed by atoms with van der Waals surface area (Å²) < 4.78 is 15.5. The minimum atomic E-state index is -0.674. The summed E-state index contributed by atoms with van der Waals surface area (Å²) in [5.41, 5.74) is 0.237. The van der Waals surface area contributed by atoms with Crippen LogP contribution < -0.4 is 5.56 Å². The van der Waals surface area contributed by atoms with E-state index in [4.69, 9.17) is 14.2 Å². The number of methoxy groups -OCH3 is 1. The summed E-state index contributed by atoms with van der Waals surface area (Å²) >= 11 is 1.13. The molecule has 10 heteroatoms. The molecule has 0 unspecified atom stereocenters. The molecule has 0 aliphatic carbocycles. The largest absolute Gasteiger partial charge is 0.457 e. The van der Waals surface area contributed by atoms with Crippen LogP contribution >= 0.6 is 11.3 Å². The lowest BCUT2D eigenvalue weighted by Crippen LogP contribution is -2.37. The smallest absolute Gasteiger partial charge is 0.348 e. The highest BCUT2D eigenvalue weighted by Crippen LogP contribution is 2.27. The third-order valence-corrected chi connectivity index (χ3v) is 5.50. The standard InChI is InChI=1S/C20H29N3O6S/c1-5-8-29-20(26)17-13(3)16-18(25)21-15(22-19(16)30-17)11-23(7-9-27-4)10-14(24)12-28-6-2/h5,14,24H,1,6-12H2,2-4H3,(H,21,22,25)/t14-/m1/s1. The molecule has 2 heterocycles. The van der Waals surface area contributed by atoms with Gasteiger partial charge in [0.1, 0.15) is 22.1 Å². The van der Waals surface area contributed by atoms with Crippen LogP contribution in [0.4, 0.5) is 0 Å². The molecule has 0 amide bonds. The Morgan fingerprint density at radius 3 is 2.90 bits per heavy atom. The number of nitrogens with one attached hydrogen (secondary N) is 1. The third-order valence-electron chi connectivity index (χ3n) is 4.34. The zero-order chi connectivity index (χ0) is 22.1. The minimum Gasteiger partial charge on any atom is -0.457 e. The molecule has 0 spiro atoms. The maximum Gasteiger partial charge on any atom is 0.348 e. The van der Waals surface area contributed by atoms with Gasteiger partial charge >= 0.3 is 5.97 Å². The fraction of sp³-hybridized carbons (Fsp3) is 0.550. The van der Waals surface area contributed by atoms with Crippen molar-refractivity contribution in [2.24, 2.45) is 0 Å². The number of hydrogen-bond acceptors (Lipinski definition) is 9. The summed E-state index contributed by atoms with van der Waals surface area (Å²) in [7, 11) is 1.60. The SMILES string of the molecule is C=CCOC(=O)c1sc2nc(CN(CCOC)C[C@@H](O)COCC)[nH]c(=O)c2c1C. The predicted octanol–water partition coefficient (Wildman–Crippen LogP) is 1.48. The summed E-state index contributed by atoms with van der Waals surface area (Å²) in [5.74, 6) is -0.0587. The lowest BCUT2D eigenvalue weighted by molar-refractivity contribution is 0.0144. The van der Waals surface area contributed by atoms with Crippen molar-refractivity contribution in [3.63, 3.8) is 0 Å². The third kappa shape index (κ3) is 6.44. The van der Waals surface area contributed by atoms with Crippen molar-refractivity contribution >= 4 is 27.5 Å². The van der Waals surface area contributed by atoms with E-state index < -0.39 is 12.1 Å². The first-order valence-electron chi connectivity index (χ1n) is 9.68. The van der Waals surface area contributed by atoms with Crippen LogP contribution in [0.2, 0.25) is 0 Å². The highest BCUT2D eigenvalue weighted by Gasteiger charge is 2.21. The summed E-state index contributed by atoms with van der Waals surface area (Å²) in [6.45, 7) is 9.60. The predicted molar refractivity (Wildman–Crippen MR) is 115 cm³/mol. The van der Waals surface area contributed by atoms with Gasteiger partial charge in [0.25, 0.3) is 5.56 Å². The minimum absolute atomic E-state index is 0.0973. The molecule has 2 aromatic rings. The molecular formula is C20H29N3O6S. The van der Waals surface area contributed by atoms with Crippen LogP contribution in [-0.4, -0.2) is 78.7 Å². The van der Waals surface area contributed by atoms with Crippen LogP contribution in [0.3, 0.4) is 0 Å². The molecule has 0 aliphatic rings. The second kappa shape index (κ2) is 11.9. The van der Waals surface area contributed by atoms with E-state index in [1.165, 1.54) is 6.08 Å². The quantitative estimate of drug-likeness (QED) is 0.356. The van der Waals surface area contributed by atoms with Crippen LogP contribution in [0.5, 0.6) is 0 Å². The van der Waals surface area contributed by atoms with Crippen LogP contribution in [0.1, 0.15) is 28.0 Å². The van der Waals surface area contributed by atoms with Gasteiger partial charge in [-0.2, -0.15) is 0 Å². The summed E-state index contributed by atoms with van der Waals surface area (Å²) in [6, 6.07) is 0. The number of aryl methyl sites for hydroxylation is 1. The number of fused-ring (bicyclic) bond motifs is 1. The molecule has 0 saturated carbocycles. The molecule has 1 atom stereocenters. The van der Waals surface area contributed by atoms with Crippen molar-refractivity contribution in [2.45, 2.75) is 26.5 Å². The summed E-state index contributed by atoms with van der Waals surface area (Å²) in [5, 5.41) is 10.6. The average molecular weight is 440 g/mol. The first-order chi connectivity index (χ1) is 14.4. The van der Waals surface area contributed by atoms with Crippen LogP contribution in [0.25, 0.3) is 10.2 Å². The molecule has 0 radical (unpaired) electrons. The normalized spacial score (nSPS) is 12.4. The van der Waals surface area contributed by atoms with E-state index in [-0.39, 0.29) is 18.8 Å². The average Bonchev–Trinajstić information content (AvgIpc) is 3.05. The Morgan fingerprint density at radius 2 is 2.23 bits per heavy atom. The molecule has 0 fully saturated rings. The number of aromatic nitrogens is 2. The molecule has 2 aromatic heterocycles. The van der Waals surface area contributed by atoms with Gasteiger partial charge in [0.05, 0.1) is 31.2 Å². The van der Waals surface area contributed by atoms with Gasteiger partial charge in [-0.15, -0.1) is 11.3 Å². The van der Waals surface area contributed by atoms with Gasteiger partial charge in [-0.25, -0.2) is 9.78 Å². The first kappa shape index (κ1) is 24.2. The number of ether oxygens (including phenoxy) is 3. The van der Waals surface area contributed by atoms with E-state index in [0.29, 0.717) is 59.3 Å². The molecule has 2 rings (SSSR count). The van der Waals surface area contributed by atoms with Crippen molar-refractivity contribution < 1.29 is 24.1 Å². The number of aromatic amines is 1. The van der Waals surface area contributed by atoms with E-state index in [1.54, 1.807) is 14.0 Å². The Kier molecular flexibility index (Phi) is 9.60. The molecule has 0 saturated heterocycles. The number of rotatable bonds is 13.